The third-order valence-electron chi connectivity index (χ3n) is 2.63. The number of sulfonamides is 1. The fraction of sp³-hybridized carbons (Fsp3) is 0.167. The molecule has 0 aliphatic heterocycles. The molecule has 0 radical (unpaired) electrons. The maximum atomic E-state index is 12.2. The minimum absolute atomic E-state index is 0.00817. The van der Waals surface area contributed by atoms with Gasteiger partial charge >= 0.3 is 0 Å². The van der Waals surface area contributed by atoms with Gasteiger partial charge in [-0.25, -0.2) is 13.1 Å². The predicted molar refractivity (Wildman–Crippen MR) is 78.9 cm³/mol. The monoisotopic (exact) mass is 316 g/mol. The van der Waals surface area contributed by atoms with Crippen LogP contribution in [-0.2, 0) is 16.6 Å². The van der Waals surface area contributed by atoms with E-state index in [0.717, 1.165) is 10.4 Å². The van der Waals surface area contributed by atoms with Crippen LogP contribution in [-0.4, -0.2) is 8.42 Å². The third kappa shape index (κ3) is 3.27. The molecule has 0 saturated carbocycles. The lowest BCUT2D eigenvalue weighted by atomic mass is 10.2. The van der Waals surface area contributed by atoms with Crippen molar-refractivity contribution < 1.29 is 8.42 Å². The summed E-state index contributed by atoms with van der Waals surface area (Å²) < 4.78 is 26.8. The van der Waals surface area contributed by atoms with Crippen molar-refractivity contribution in [3.63, 3.8) is 0 Å². The zero-order valence-electron chi connectivity index (χ0n) is 10.2. The molecule has 1 heterocycles. The second-order valence-electron chi connectivity index (χ2n) is 4.04. The van der Waals surface area contributed by atoms with E-state index >= 15 is 0 Å². The molecule has 0 amide bonds. The molecule has 0 fully saturated rings. The van der Waals surface area contributed by atoms with Gasteiger partial charge in [-0.3, -0.25) is 0 Å². The zero-order chi connectivity index (χ0) is 14.0. The van der Waals surface area contributed by atoms with Crippen molar-refractivity contribution in [2.24, 2.45) is 0 Å². The van der Waals surface area contributed by atoms with Crippen molar-refractivity contribution >= 4 is 38.6 Å². The first kappa shape index (κ1) is 14.3. The fourth-order valence-electron chi connectivity index (χ4n) is 1.53. The zero-order valence-corrected chi connectivity index (χ0v) is 12.6. The molecular formula is C12H13ClN2O2S2. The number of halogens is 1. The molecule has 0 aliphatic rings. The molecule has 19 heavy (non-hydrogen) atoms. The van der Waals surface area contributed by atoms with Crippen molar-refractivity contribution in [3.8, 4) is 0 Å². The van der Waals surface area contributed by atoms with Crippen LogP contribution >= 0.6 is 22.9 Å². The van der Waals surface area contributed by atoms with E-state index in [1.165, 1.54) is 17.4 Å². The van der Waals surface area contributed by atoms with Gasteiger partial charge in [0.15, 0.2) is 0 Å². The normalized spacial score (nSPS) is 11.7. The lowest BCUT2D eigenvalue weighted by molar-refractivity contribution is 0.582. The average Bonchev–Trinajstić information content (AvgIpc) is 2.84. The van der Waals surface area contributed by atoms with Crippen LogP contribution < -0.4 is 10.5 Å². The minimum Gasteiger partial charge on any atom is -0.398 e. The molecule has 0 spiro atoms. The molecule has 4 nitrogen and oxygen atoms in total. The SMILES string of the molecule is Cc1cc(Cl)c(S(=O)(=O)NCc2cccs2)cc1N. The molecule has 1 aromatic heterocycles. The summed E-state index contributed by atoms with van der Waals surface area (Å²) in [6.45, 7) is 2.01. The minimum atomic E-state index is -3.66. The average molecular weight is 317 g/mol. The van der Waals surface area contributed by atoms with E-state index < -0.39 is 10.0 Å². The van der Waals surface area contributed by atoms with Gasteiger partial charge in [-0.1, -0.05) is 17.7 Å². The van der Waals surface area contributed by atoms with Gasteiger partial charge in [0.1, 0.15) is 4.90 Å². The Morgan fingerprint density at radius 3 is 2.79 bits per heavy atom. The smallest absolute Gasteiger partial charge is 0.242 e. The standard InChI is InChI=1S/C12H13ClN2O2S2/c1-8-5-10(13)12(6-11(8)14)19(16,17)15-7-9-3-2-4-18-9/h2-6,15H,7,14H2,1H3. The van der Waals surface area contributed by atoms with Crippen LogP contribution in [0.4, 0.5) is 5.69 Å². The molecule has 2 rings (SSSR count). The van der Waals surface area contributed by atoms with E-state index in [4.69, 9.17) is 17.3 Å². The third-order valence-corrected chi connectivity index (χ3v) is 5.37. The van der Waals surface area contributed by atoms with Crippen LogP contribution in [0.1, 0.15) is 10.4 Å². The molecule has 3 N–H and O–H groups in total. The Labute approximate surface area is 121 Å². The van der Waals surface area contributed by atoms with Gasteiger partial charge in [-0.2, -0.15) is 0 Å². The van der Waals surface area contributed by atoms with Gasteiger partial charge in [0, 0.05) is 17.1 Å². The maximum Gasteiger partial charge on any atom is 0.242 e. The highest BCUT2D eigenvalue weighted by atomic mass is 35.5. The quantitative estimate of drug-likeness (QED) is 0.852. The van der Waals surface area contributed by atoms with Crippen LogP contribution in [0.5, 0.6) is 0 Å². The first-order valence-electron chi connectivity index (χ1n) is 5.48. The summed E-state index contributed by atoms with van der Waals surface area (Å²) in [4.78, 5) is 0.939. The van der Waals surface area contributed by atoms with Gasteiger partial charge < -0.3 is 5.73 Å². The molecule has 1 aromatic carbocycles. The molecule has 0 aliphatic carbocycles. The Morgan fingerprint density at radius 1 is 1.42 bits per heavy atom. The number of nitrogen functional groups attached to an aromatic ring is 1. The van der Waals surface area contributed by atoms with Crippen molar-refractivity contribution in [1.29, 1.82) is 0 Å². The van der Waals surface area contributed by atoms with E-state index in [2.05, 4.69) is 4.72 Å². The summed E-state index contributed by atoms with van der Waals surface area (Å²) in [5.74, 6) is 0. The summed E-state index contributed by atoms with van der Waals surface area (Å²) in [5, 5.41) is 2.06. The lowest BCUT2D eigenvalue weighted by Crippen LogP contribution is -2.23. The maximum absolute atomic E-state index is 12.2. The molecule has 102 valence electrons. The van der Waals surface area contributed by atoms with Crippen LogP contribution in [0, 0.1) is 6.92 Å². The van der Waals surface area contributed by atoms with Crippen molar-refractivity contribution in [2.75, 3.05) is 5.73 Å². The highest BCUT2D eigenvalue weighted by molar-refractivity contribution is 7.89. The van der Waals surface area contributed by atoms with Crippen LogP contribution in [0.25, 0.3) is 0 Å². The highest BCUT2D eigenvalue weighted by Crippen LogP contribution is 2.26. The molecule has 0 atom stereocenters. The predicted octanol–water partition coefficient (Wildman–Crippen LogP) is 2.77. The summed E-state index contributed by atoms with van der Waals surface area (Å²) in [5.41, 5.74) is 6.88. The molecule has 0 bridgehead atoms. The van der Waals surface area contributed by atoms with Gasteiger partial charge in [-0.15, -0.1) is 11.3 Å². The summed E-state index contributed by atoms with van der Waals surface area (Å²) in [6.07, 6.45) is 0. The number of thiophene rings is 1. The molecule has 2 aromatic rings. The van der Waals surface area contributed by atoms with Crippen LogP contribution in [0.2, 0.25) is 5.02 Å². The summed E-state index contributed by atoms with van der Waals surface area (Å²) in [6, 6.07) is 6.66. The van der Waals surface area contributed by atoms with E-state index in [9.17, 15) is 8.42 Å². The van der Waals surface area contributed by atoms with Crippen molar-refractivity contribution in [3.05, 3.63) is 45.1 Å². The second-order valence-corrected chi connectivity index (χ2v) is 7.22. The number of nitrogens with one attached hydrogen (secondary N) is 1. The summed E-state index contributed by atoms with van der Waals surface area (Å²) >= 11 is 7.46. The van der Waals surface area contributed by atoms with Crippen molar-refractivity contribution in [1.82, 2.24) is 4.72 Å². The topological polar surface area (TPSA) is 72.2 Å². The van der Waals surface area contributed by atoms with Crippen molar-refractivity contribution in [2.45, 2.75) is 18.4 Å². The van der Waals surface area contributed by atoms with Gasteiger partial charge in [0.25, 0.3) is 0 Å². The van der Waals surface area contributed by atoms with Gasteiger partial charge in [0.05, 0.1) is 5.02 Å². The Kier molecular flexibility index (Phi) is 4.15. The number of aryl methyl sites for hydroxylation is 1. The lowest BCUT2D eigenvalue weighted by Gasteiger charge is -2.10. The molecule has 7 heteroatoms. The Balaban J connectivity index is 2.27. The second kappa shape index (κ2) is 5.50. The number of rotatable bonds is 4. The van der Waals surface area contributed by atoms with Crippen LogP contribution in [0.15, 0.2) is 34.5 Å². The van der Waals surface area contributed by atoms with Gasteiger partial charge in [-0.05, 0) is 36.1 Å². The highest BCUT2D eigenvalue weighted by Gasteiger charge is 2.19. The number of anilines is 1. The largest absolute Gasteiger partial charge is 0.398 e. The Morgan fingerprint density at radius 2 is 2.16 bits per heavy atom. The number of hydrogen-bond acceptors (Lipinski definition) is 4. The van der Waals surface area contributed by atoms with E-state index in [1.807, 2.05) is 17.5 Å². The Bertz CT molecular complexity index is 682. The first-order valence-corrected chi connectivity index (χ1v) is 8.22. The number of benzene rings is 1. The number of hydrogen-bond donors (Lipinski definition) is 2. The molecule has 0 saturated heterocycles. The Hall–Kier alpha value is -1.08. The molecule has 0 unspecified atom stereocenters. The summed E-state index contributed by atoms with van der Waals surface area (Å²) in [7, 11) is -3.66. The molecular weight excluding hydrogens is 304 g/mol. The van der Waals surface area contributed by atoms with Gasteiger partial charge in [0.2, 0.25) is 10.0 Å². The van der Waals surface area contributed by atoms with E-state index in [-0.39, 0.29) is 16.5 Å². The first-order chi connectivity index (χ1) is 8.90. The van der Waals surface area contributed by atoms with Crippen LogP contribution in [0.3, 0.4) is 0 Å². The van der Waals surface area contributed by atoms with E-state index in [0.29, 0.717) is 5.69 Å². The fourth-order valence-corrected chi connectivity index (χ4v) is 3.89. The number of nitrogens with two attached hydrogens (primary N) is 1. The van der Waals surface area contributed by atoms with E-state index in [1.54, 1.807) is 13.0 Å².